The molecule has 6 nitrogen and oxygen atoms in total. The molecule has 0 saturated carbocycles. The number of aromatic nitrogens is 1. The first-order chi connectivity index (χ1) is 13.8. The smallest absolute Gasteiger partial charge is 0.191 e. The lowest BCUT2D eigenvalue weighted by Gasteiger charge is -2.13. The van der Waals surface area contributed by atoms with Crippen LogP contribution < -0.4 is 10.6 Å². The molecule has 3 aromatic rings. The standard InChI is InChI=1S/C21H25FN4O2S/c1-14-10-15(4-7-20(14)29(3,27)28)12-26-21(23-2)24-9-8-16-13-25-19-11-17(22)5-6-18(16)19/h4-7,10-11,13,25H,8-9,12H2,1-3H3,(H2,23,24,26). The number of rotatable bonds is 6. The minimum atomic E-state index is -3.22. The molecule has 3 N–H and O–H groups in total. The first-order valence-electron chi connectivity index (χ1n) is 9.27. The van der Waals surface area contributed by atoms with E-state index in [0.29, 0.717) is 23.9 Å². The van der Waals surface area contributed by atoms with E-state index in [1.54, 1.807) is 32.2 Å². The van der Waals surface area contributed by atoms with E-state index in [1.807, 2.05) is 12.3 Å². The van der Waals surface area contributed by atoms with Crippen molar-refractivity contribution >= 4 is 26.7 Å². The predicted molar refractivity (Wildman–Crippen MR) is 114 cm³/mol. The lowest BCUT2D eigenvalue weighted by Crippen LogP contribution is -2.37. The Labute approximate surface area is 170 Å². The first-order valence-corrected chi connectivity index (χ1v) is 11.2. The van der Waals surface area contributed by atoms with Gasteiger partial charge in [-0.05, 0) is 54.3 Å². The van der Waals surface area contributed by atoms with Gasteiger partial charge in [-0.25, -0.2) is 12.8 Å². The third-order valence-corrected chi connectivity index (χ3v) is 6.00. The molecule has 0 fully saturated rings. The molecule has 0 spiro atoms. The lowest BCUT2D eigenvalue weighted by atomic mass is 10.1. The summed E-state index contributed by atoms with van der Waals surface area (Å²) < 4.78 is 36.7. The summed E-state index contributed by atoms with van der Waals surface area (Å²) in [5, 5.41) is 7.50. The molecule has 0 aliphatic carbocycles. The number of aryl methyl sites for hydroxylation is 1. The maximum atomic E-state index is 13.3. The molecule has 0 unspecified atom stereocenters. The third-order valence-electron chi connectivity index (χ3n) is 4.74. The second kappa shape index (κ2) is 8.65. The van der Waals surface area contributed by atoms with Gasteiger partial charge in [0.25, 0.3) is 0 Å². The fourth-order valence-corrected chi connectivity index (χ4v) is 4.28. The number of hydrogen-bond donors (Lipinski definition) is 3. The van der Waals surface area contributed by atoms with Crippen LogP contribution in [0.1, 0.15) is 16.7 Å². The van der Waals surface area contributed by atoms with Gasteiger partial charge in [0.15, 0.2) is 15.8 Å². The van der Waals surface area contributed by atoms with Crippen molar-refractivity contribution in [2.45, 2.75) is 24.8 Å². The third kappa shape index (κ3) is 5.14. The molecule has 0 aliphatic rings. The van der Waals surface area contributed by atoms with Crippen LogP contribution in [-0.2, 0) is 22.8 Å². The number of H-pyrrole nitrogens is 1. The van der Waals surface area contributed by atoms with Gasteiger partial charge in [0, 0.05) is 43.5 Å². The van der Waals surface area contributed by atoms with Crippen LogP contribution in [0.3, 0.4) is 0 Å². The molecule has 0 saturated heterocycles. The van der Waals surface area contributed by atoms with Crippen molar-refractivity contribution < 1.29 is 12.8 Å². The summed E-state index contributed by atoms with van der Waals surface area (Å²) in [6, 6.07) is 10.0. The maximum absolute atomic E-state index is 13.3. The van der Waals surface area contributed by atoms with Gasteiger partial charge in [0.2, 0.25) is 0 Å². The molecule has 0 bridgehead atoms. The number of hydrogen-bond acceptors (Lipinski definition) is 3. The molecule has 154 valence electrons. The molecule has 8 heteroatoms. The minimum Gasteiger partial charge on any atom is -0.361 e. The number of fused-ring (bicyclic) bond motifs is 1. The largest absolute Gasteiger partial charge is 0.361 e. The monoisotopic (exact) mass is 416 g/mol. The number of aromatic amines is 1. The van der Waals surface area contributed by atoms with Crippen LogP contribution in [-0.4, -0.2) is 39.2 Å². The van der Waals surface area contributed by atoms with Crippen molar-refractivity contribution in [3.05, 3.63) is 65.1 Å². The van der Waals surface area contributed by atoms with Crippen LogP contribution in [0.4, 0.5) is 4.39 Å². The van der Waals surface area contributed by atoms with Gasteiger partial charge >= 0.3 is 0 Å². The van der Waals surface area contributed by atoms with Crippen LogP contribution in [0.5, 0.6) is 0 Å². The molecule has 0 atom stereocenters. The zero-order valence-electron chi connectivity index (χ0n) is 16.7. The van der Waals surface area contributed by atoms with Crippen LogP contribution in [0, 0.1) is 12.7 Å². The fourth-order valence-electron chi connectivity index (χ4n) is 3.32. The Balaban J connectivity index is 1.55. The molecule has 29 heavy (non-hydrogen) atoms. The summed E-state index contributed by atoms with van der Waals surface area (Å²) >= 11 is 0. The molecular weight excluding hydrogens is 391 g/mol. The first kappa shape index (κ1) is 20.9. The zero-order chi connectivity index (χ0) is 21.0. The average Bonchev–Trinajstić information content (AvgIpc) is 3.05. The van der Waals surface area contributed by atoms with Gasteiger partial charge in [0.05, 0.1) is 4.90 Å². The van der Waals surface area contributed by atoms with Gasteiger partial charge in [-0.1, -0.05) is 12.1 Å². The topological polar surface area (TPSA) is 86.3 Å². The van der Waals surface area contributed by atoms with Gasteiger partial charge in [-0.2, -0.15) is 0 Å². The number of nitrogens with one attached hydrogen (secondary N) is 3. The maximum Gasteiger partial charge on any atom is 0.191 e. The van der Waals surface area contributed by atoms with Crippen LogP contribution in [0.15, 0.2) is 52.5 Å². The Bertz CT molecular complexity index is 1150. The average molecular weight is 417 g/mol. The molecule has 3 rings (SSSR count). The fraction of sp³-hybridized carbons (Fsp3) is 0.286. The second-order valence-electron chi connectivity index (χ2n) is 6.98. The van der Waals surface area contributed by atoms with E-state index in [0.717, 1.165) is 34.0 Å². The highest BCUT2D eigenvalue weighted by molar-refractivity contribution is 7.90. The minimum absolute atomic E-state index is 0.256. The van der Waals surface area contributed by atoms with Crippen molar-refractivity contribution in [1.29, 1.82) is 0 Å². The van der Waals surface area contributed by atoms with E-state index in [4.69, 9.17) is 0 Å². The number of guanidine groups is 1. The van der Waals surface area contributed by atoms with Crippen LogP contribution in [0.2, 0.25) is 0 Å². The summed E-state index contributed by atoms with van der Waals surface area (Å²) in [6.07, 6.45) is 3.87. The highest BCUT2D eigenvalue weighted by atomic mass is 32.2. The highest BCUT2D eigenvalue weighted by Crippen LogP contribution is 2.19. The van der Waals surface area contributed by atoms with Crippen LogP contribution in [0.25, 0.3) is 10.9 Å². The zero-order valence-corrected chi connectivity index (χ0v) is 17.5. The van der Waals surface area contributed by atoms with Gasteiger partial charge < -0.3 is 15.6 Å². The van der Waals surface area contributed by atoms with Gasteiger partial charge in [-0.15, -0.1) is 0 Å². The SMILES string of the molecule is CN=C(NCCc1c[nH]c2cc(F)ccc12)NCc1ccc(S(C)(=O)=O)c(C)c1. The number of halogens is 1. The van der Waals surface area contributed by atoms with Crippen molar-refractivity contribution in [3.8, 4) is 0 Å². The summed E-state index contributed by atoms with van der Waals surface area (Å²) in [4.78, 5) is 7.66. The van der Waals surface area contributed by atoms with Crippen molar-refractivity contribution in [2.75, 3.05) is 19.8 Å². The Morgan fingerprint density at radius 3 is 2.66 bits per heavy atom. The van der Waals surface area contributed by atoms with Gasteiger partial charge in [0.1, 0.15) is 5.82 Å². The van der Waals surface area contributed by atoms with Gasteiger partial charge in [-0.3, -0.25) is 4.99 Å². The molecular formula is C21H25FN4O2S. The molecule has 0 radical (unpaired) electrons. The number of aliphatic imine (C=N–C) groups is 1. The van der Waals surface area contributed by atoms with Crippen molar-refractivity contribution in [2.24, 2.45) is 4.99 Å². The molecule has 1 heterocycles. The molecule has 0 amide bonds. The molecule has 2 aromatic carbocycles. The number of sulfone groups is 1. The quantitative estimate of drug-likeness (QED) is 0.426. The lowest BCUT2D eigenvalue weighted by molar-refractivity contribution is 0.601. The normalized spacial score (nSPS) is 12.3. The summed E-state index contributed by atoms with van der Waals surface area (Å²) in [7, 11) is -1.52. The Morgan fingerprint density at radius 2 is 1.97 bits per heavy atom. The summed E-state index contributed by atoms with van der Waals surface area (Å²) in [5.74, 6) is 0.397. The number of benzene rings is 2. The van der Waals surface area contributed by atoms with E-state index in [-0.39, 0.29) is 5.82 Å². The van der Waals surface area contributed by atoms with E-state index in [1.165, 1.54) is 18.4 Å². The number of nitrogens with zero attached hydrogens (tertiary/aromatic N) is 1. The Hall–Kier alpha value is -2.87. The molecule has 1 aromatic heterocycles. The van der Waals surface area contributed by atoms with Crippen molar-refractivity contribution in [1.82, 2.24) is 15.6 Å². The Kier molecular flexibility index (Phi) is 6.22. The van der Waals surface area contributed by atoms with E-state index in [2.05, 4.69) is 20.6 Å². The van der Waals surface area contributed by atoms with E-state index in [9.17, 15) is 12.8 Å². The second-order valence-corrected chi connectivity index (χ2v) is 8.96. The highest BCUT2D eigenvalue weighted by Gasteiger charge is 2.11. The van der Waals surface area contributed by atoms with E-state index >= 15 is 0 Å². The Morgan fingerprint density at radius 1 is 1.17 bits per heavy atom. The summed E-state index contributed by atoms with van der Waals surface area (Å²) in [5.41, 5.74) is 3.59. The van der Waals surface area contributed by atoms with Crippen molar-refractivity contribution in [3.63, 3.8) is 0 Å². The predicted octanol–water partition coefficient (Wildman–Crippen LogP) is 2.93. The molecule has 0 aliphatic heterocycles. The van der Waals surface area contributed by atoms with E-state index < -0.39 is 9.84 Å². The summed E-state index contributed by atoms with van der Waals surface area (Å²) in [6.45, 7) is 2.98. The van der Waals surface area contributed by atoms with Crippen LogP contribution >= 0.6 is 0 Å².